The molecule has 1 atom stereocenters. The summed E-state index contributed by atoms with van der Waals surface area (Å²) in [5.74, 6) is 0. The highest BCUT2D eigenvalue weighted by Gasteiger charge is 2.22. The summed E-state index contributed by atoms with van der Waals surface area (Å²) in [5, 5.41) is 3.20. The Labute approximate surface area is 45.5 Å². The summed E-state index contributed by atoms with van der Waals surface area (Å²) in [6, 6.07) is 0. The van der Waals surface area contributed by atoms with Crippen LogP contribution in [0.5, 0.6) is 0 Å². The predicted molar refractivity (Wildman–Crippen MR) is 31.5 cm³/mol. The highest BCUT2D eigenvalue weighted by atomic mass is 31.1. The summed E-state index contributed by atoms with van der Waals surface area (Å²) < 4.78 is 5.08. The van der Waals surface area contributed by atoms with E-state index in [1.807, 2.05) is 0 Å². The number of hydrogen-bond donors (Lipinski definition) is 1. The van der Waals surface area contributed by atoms with E-state index in [0.29, 0.717) is 8.96 Å². The number of rotatable bonds is 0. The monoisotopic (exact) mass is 119 g/mol. The van der Waals surface area contributed by atoms with Crippen LogP contribution in [0.1, 0.15) is 13.8 Å². The van der Waals surface area contributed by atoms with Gasteiger partial charge in [0.1, 0.15) is 0 Å². The Morgan fingerprint density at radius 3 is 2.57 bits per heavy atom. The molecule has 3 heteroatoms. The van der Waals surface area contributed by atoms with Gasteiger partial charge in [-0.2, -0.15) is 0 Å². The minimum atomic E-state index is 0.235. The molecule has 1 N–H and O–H groups in total. The van der Waals surface area contributed by atoms with Gasteiger partial charge in [0.2, 0.25) is 0 Å². The van der Waals surface area contributed by atoms with Crippen molar-refractivity contribution in [3.8, 4) is 0 Å². The summed E-state index contributed by atoms with van der Waals surface area (Å²) in [6.07, 6.45) is 0. The molecule has 0 bridgehead atoms. The van der Waals surface area contributed by atoms with Crippen molar-refractivity contribution in [3.63, 3.8) is 0 Å². The molecule has 0 amide bonds. The summed E-state index contributed by atoms with van der Waals surface area (Å²) in [7, 11) is 0.510. The van der Waals surface area contributed by atoms with Crippen LogP contribution in [-0.2, 0) is 4.52 Å². The molecule has 0 aromatic carbocycles. The normalized spacial score (nSPS) is 31.7. The van der Waals surface area contributed by atoms with Gasteiger partial charge >= 0.3 is 0 Å². The number of nitrogens with one attached hydrogen (secondary N) is 1. The van der Waals surface area contributed by atoms with E-state index in [-0.39, 0.29) is 5.54 Å². The second-order valence-corrected chi connectivity index (χ2v) is 3.14. The Balaban J connectivity index is 2.40. The molecule has 1 rings (SSSR count). The Hall–Kier alpha value is 0.350. The highest BCUT2D eigenvalue weighted by molar-refractivity contribution is 7.30. The SMILES string of the molecule is CC1(C)COPN1. The first kappa shape index (κ1) is 5.49. The van der Waals surface area contributed by atoms with Gasteiger partial charge in [-0.05, 0) is 13.8 Å². The van der Waals surface area contributed by atoms with Gasteiger partial charge in [-0.3, -0.25) is 5.09 Å². The van der Waals surface area contributed by atoms with Gasteiger partial charge in [-0.1, -0.05) is 0 Å². The van der Waals surface area contributed by atoms with Gasteiger partial charge in [0.25, 0.3) is 0 Å². The van der Waals surface area contributed by atoms with Gasteiger partial charge in [0.15, 0.2) is 0 Å². The fraction of sp³-hybridized carbons (Fsp3) is 1.00. The van der Waals surface area contributed by atoms with Gasteiger partial charge in [-0.15, -0.1) is 0 Å². The average molecular weight is 119 g/mol. The zero-order valence-electron chi connectivity index (χ0n) is 4.62. The van der Waals surface area contributed by atoms with E-state index in [0.717, 1.165) is 6.61 Å². The van der Waals surface area contributed by atoms with E-state index in [4.69, 9.17) is 4.52 Å². The second kappa shape index (κ2) is 1.70. The summed E-state index contributed by atoms with van der Waals surface area (Å²) in [4.78, 5) is 0. The van der Waals surface area contributed by atoms with Crippen molar-refractivity contribution in [1.82, 2.24) is 5.09 Å². The molecule has 1 heterocycles. The lowest BCUT2D eigenvalue weighted by Gasteiger charge is -2.12. The number of hydrogen-bond acceptors (Lipinski definition) is 2. The third-order valence-corrected chi connectivity index (χ3v) is 1.96. The smallest absolute Gasteiger partial charge is 0.0867 e. The molecule has 7 heavy (non-hydrogen) atoms. The molecule has 1 aliphatic heterocycles. The molecule has 0 aliphatic carbocycles. The van der Waals surface area contributed by atoms with Crippen LogP contribution in [0.15, 0.2) is 0 Å². The van der Waals surface area contributed by atoms with Crippen molar-refractivity contribution in [1.29, 1.82) is 0 Å². The summed E-state index contributed by atoms with van der Waals surface area (Å²) in [5.41, 5.74) is 0.235. The second-order valence-electron chi connectivity index (χ2n) is 2.40. The van der Waals surface area contributed by atoms with Crippen LogP contribution >= 0.6 is 8.96 Å². The van der Waals surface area contributed by atoms with E-state index >= 15 is 0 Å². The first-order chi connectivity index (χ1) is 3.21. The molecule has 42 valence electrons. The molecule has 1 saturated heterocycles. The van der Waals surface area contributed by atoms with Gasteiger partial charge in [-0.25, -0.2) is 0 Å². The van der Waals surface area contributed by atoms with E-state index in [9.17, 15) is 0 Å². The van der Waals surface area contributed by atoms with Crippen LogP contribution in [0.25, 0.3) is 0 Å². The first-order valence-electron chi connectivity index (χ1n) is 2.35. The average Bonchev–Trinajstić information content (AvgIpc) is 1.84. The molecular weight excluding hydrogens is 109 g/mol. The molecule has 0 radical (unpaired) electrons. The molecule has 0 spiro atoms. The van der Waals surface area contributed by atoms with Crippen molar-refractivity contribution in [2.75, 3.05) is 6.61 Å². The van der Waals surface area contributed by atoms with Gasteiger partial charge in [0, 0.05) is 5.54 Å². The van der Waals surface area contributed by atoms with Crippen molar-refractivity contribution >= 4 is 8.96 Å². The first-order valence-corrected chi connectivity index (χ1v) is 3.25. The van der Waals surface area contributed by atoms with Crippen molar-refractivity contribution < 1.29 is 4.52 Å². The largest absolute Gasteiger partial charge is 0.345 e. The third kappa shape index (κ3) is 1.37. The third-order valence-electron chi connectivity index (χ3n) is 0.895. The lowest BCUT2D eigenvalue weighted by atomic mass is 10.1. The maximum absolute atomic E-state index is 5.08. The molecule has 0 aromatic rings. The fourth-order valence-corrected chi connectivity index (χ4v) is 1.28. The molecule has 0 saturated carbocycles. The summed E-state index contributed by atoms with van der Waals surface area (Å²) in [6.45, 7) is 5.12. The van der Waals surface area contributed by atoms with Crippen LogP contribution in [-0.4, -0.2) is 12.1 Å². The van der Waals surface area contributed by atoms with E-state index < -0.39 is 0 Å². The van der Waals surface area contributed by atoms with Crippen LogP contribution in [0.3, 0.4) is 0 Å². The van der Waals surface area contributed by atoms with E-state index in [1.165, 1.54) is 0 Å². The molecule has 1 fully saturated rings. The lowest BCUT2D eigenvalue weighted by molar-refractivity contribution is 0.311. The summed E-state index contributed by atoms with van der Waals surface area (Å²) >= 11 is 0. The van der Waals surface area contributed by atoms with Gasteiger partial charge in [0.05, 0.1) is 15.6 Å². The molecule has 1 aliphatic rings. The fourth-order valence-electron chi connectivity index (χ4n) is 0.427. The Morgan fingerprint density at radius 1 is 1.71 bits per heavy atom. The standard InChI is InChI=1S/C4H10NOP/c1-4(2)3-6-7-5-4/h5,7H,3H2,1-2H3. The topological polar surface area (TPSA) is 21.3 Å². The highest BCUT2D eigenvalue weighted by Crippen LogP contribution is 2.23. The Kier molecular flexibility index (Phi) is 1.33. The van der Waals surface area contributed by atoms with Crippen molar-refractivity contribution in [2.45, 2.75) is 19.4 Å². The minimum absolute atomic E-state index is 0.235. The maximum Gasteiger partial charge on any atom is 0.0867 e. The quantitative estimate of drug-likeness (QED) is 0.478. The van der Waals surface area contributed by atoms with Crippen molar-refractivity contribution in [2.24, 2.45) is 0 Å². The Morgan fingerprint density at radius 2 is 2.43 bits per heavy atom. The molecule has 2 nitrogen and oxygen atoms in total. The molecule has 0 aromatic heterocycles. The van der Waals surface area contributed by atoms with Crippen molar-refractivity contribution in [3.05, 3.63) is 0 Å². The van der Waals surface area contributed by atoms with Crippen LogP contribution < -0.4 is 5.09 Å². The van der Waals surface area contributed by atoms with Gasteiger partial charge < -0.3 is 4.52 Å². The zero-order valence-corrected chi connectivity index (χ0v) is 5.62. The van der Waals surface area contributed by atoms with E-state index in [2.05, 4.69) is 18.9 Å². The van der Waals surface area contributed by atoms with E-state index in [1.54, 1.807) is 0 Å². The zero-order chi connectivity index (χ0) is 5.33. The molecular formula is C4H10NOP. The van der Waals surface area contributed by atoms with Crippen LogP contribution in [0.2, 0.25) is 0 Å². The lowest BCUT2D eigenvalue weighted by Crippen LogP contribution is -2.31. The predicted octanol–water partition coefficient (Wildman–Crippen LogP) is 0.893. The molecule has 1 unspecified atom stereocenters. The maximum atomic E-state index is 5.08. The van der Waals surface area contributed by atoms with Crippen LogP contribution in [0, 0.1) is 0 Å². The minimum Gasteiger partial charge on any atom is -0.345 e. The Bertz CT molecular complexity index is 66.1. The van der Waals surface area contributed by atoms with Crippen LogP contribution in [0.4, 0.5) is 0 Å².